The topological polar surface area (TPSA) is 32.5 Å². The molecule has 1 aliphatic rings. The Morgan fingerprint density at radius 3 is 2.20 bits per heavy atom. The molecule has 0 amide bonds. The lowest BCUT2D eigenvalue weighted by Gasteiger charge is -2.28. The van der Waals surface area contributed by atoms with Crippen molar-refractivity contribution in [1.29, 1.82) is 0 Å². The molecule has 1 rings (SSSR count). The number of hydrogen-bond donors (Lipinski definition) is 1. The van der Waals surface area contributed by atoms with Crippen LogP contribution in [0.5, 0.6) is 0 Å². The smallest absolute Gasteiger partial charge is 0.0284 e. The molecular weight excluding hydrogens is 186 g/mol. The van der Waals surface area contributed by atoms with E-state index in [2.05, 4.69) is 37.7 Å². The molecule has 0 aliphatic heterocycles. The SMILES string of the molecule is CC(C)CN(CCN(C)C)CC1(N)CC1. The quantitative estimate of drug-likeness (QED) is 0.685. The Labute approximate surface area is 94.6 Å². The van der Waals surface area contributed by atoms with Gasteiger partial charge in [0.25, 0.3) is 0 Å². The largest absolute Gasteiger partial charge is 0.324 e. The summed E-state index contributed by atoms with van der Waals surface area (Å²) < 4.78 is 0. The average Bonchev–Trinajstić information content (AvgIpc) is 2.78. The molecular formula is C12H27N3. The molecule has 1 saturated carbocycles. The van der Waals surface area contributed by atoms with Gasteiger partial charge < -0.3 is 10.6 Å². The summed E-state index contributed by atoms with van der Waals surface area (Å²) in [4.78, 5) is 4.76. The van der Waals surface area contributed by atoms with Crippen LogP contribution < -0.4 is 5.73 Å². The van der Waals surface area contributed by atoms with Gasteiger partial charge in [0.1, 0.15) is 0 Å². The summed E-state index contributed by atoms with van der Waals surface area (Å²) in [6.07, 6.45) is 2.42. The van der Waals surface area contributed by atoms with E-state index in [0.717, 1.165) is 25.6 Å². The van der Waals surface area contributed by atoms with Crippen LogP contribution in [0.4, 0.5) is 0 Å². The minimum atomic E-state index is 0.154. The van der Waals surface area contributed by atoms with E-state index in [9.17, 15) is 0 Å². The predicted octanol–water partition coefficient (Wildman–Crippen LogP) is 0.997. The second kappa shape index (κ2) is 5.28. The van der Waals surface area contributed by atoms with Crippen molar-refractivity contribution in [3.05, 3.63) is 0 Å². The molecule has 3 nitrogen and oxygen atoms in total. The van der Waals surface area contributed by atoms with Crippen LogP contribution in [-0.4, -0.2) is 55.6 Å². The number of likely N-dealkylation sites (N-methyl/N-ethyl adjacent to an activating group) is 1. The molecule has 15 heavy (non-hydrogen) atoms. The second-order valence-electron chi connectivity index (χ2n) is 5.79. The summed E-state index contributed by atoms with van der Waals surface area (Å²) in [7, 11) is 4.26. The van der Waals surface area contributed by atoms with E-state index in [1.165, 1.54) is 19.4 Å². The van der Waals surface area contributed by atoms with Crippen molar-refractivity contribution >= 4 is 0 Å². The molecule has 0 unspecified atom stereocenters. The van der Waals surface area contributed by atoms with E-state index >= 15 is 0 Å². The third kappa shape index (κ3) is 5.50. The molecule has 90 valence electrons. The lowest BCUT2D eigenvalue weighted by atomic mass is 10.2. The van der Waals surface area contributed by atoms with Crippen LogP contribution in [0, 0.1) is 5.92 Å². The summed E-state index contributed by atoms with van der Waals surface area (Å²) in [5, 5.41) is 0. The highest BCUT2D eigenvalue weighted by Crippen LogP contribution is 2.32. The van der Waals surface area contributed by atoms with Gasteiger partial charge in [0.15, 0.2) is 0 Å². The zero-order chi connectivity index (χ0) is 11.5. The number of hydrogen-bond acceptors (Lipinski definition) is 3. The highest BCUT2D eigenvalue weighted by molar-refractivity contribution is 5.01. The second-order valence-corrected chi connectivity index (χ2v) is 5.79. The first-order chi connectivity index (χ1) is 6.91. The van der Waals surface area contributed by atoms with Crippen LogP contribution in [-0.2, 0) is 0 Å². The Bertz CT molecular complexity index is 185. The molecule has 0 aromatic rings. The molecule has 0 bridgehead atoms. The summed E-state index contributed by atoms with van der Waals surface area (Å²) in [6.45, 7) is 9.08. The van der Waals surface area contributed by atoms with E-state index in [4.69, 9.17) is 5.73 Å². The first kappa shape index (κ1) is 12.9. The van der Waals surface area contributed by atoms with Crippen LogP contribution in [0.1, 0.15) is 26.7 Å². The molecule has 3 heteroatoms. The van der Waals surface area contributed by atoms with Gasteiger partial charge in [0.05, 0.1) is 0 Å². The monoisotopic (exact) mass is 213 g/mol. The zero-order valence-electron chi connectivity index (χ0n) is 10.8. The summed E-state index contributed by atoms with van der Waals surface area (Å²) >= 11 is 0. The van der Waals surface area contributed by atoms with Crippen molar-refractivity contribution in [2.75, 3.05) is 40.3 Å². The standard InChI is InChI=1S/C12H27N3/c1-11(2)9-15(8-7-14(3)4)10-12(13)5-6-12/h11H,5-10,13H2,1-4H3. The van der Waals surface area contributed by atoms with Gasteiger partial charge in [-0.1, -0.05) is 13.8 Å². The lowest BCUT2D eigenvalue weighted by molar-refractivity contribution is 0.203. The van der Waals surface area contributed by atoms with Crippen molar-refractivity contribution < 1.29 is 0 Å². The molecule has 0 heterocycles. The maximum absolute atomic E-state index is 6.17. The zero-order valence-corrected chi connectivity index (χ0v) is 10.8. The van der Waals surface area contributed by atoms with Gasteiger partial charge >= 0.3 is 0 Å². The van der Waals surface area contributed by atoms with Crippen LogP contribution in [0.25, 0.3) is 0 Å². The van der Waals surface area contributed by atoms with Gasteiger partial charge in [-0.3, -0.25) is 4.90 Å². The third-order valence-electron chi connectivity index (χ3n) is 2.92. The average molecular weight is 213 g/mol. The molecule has 1 aliphatic carbocycles. The Morgan fingerprint density at radius 2 is 1.80 bits per heavy atom. The van der Waals surface area contributed by atoms with E-state index in [1.54, 1.807) is 0 Å². The maximum Gasteiger partial charge on any atom is 0.0284 e. The highest BCUT2D eigenvalue weighted by atomic mass is 15.2. The Morgan fingerprint density at radius 1 is 1.20 bits per heavy atom. The third-order valence-corrected chi connectivity index (χ3v) is 2.92. The maximum atomic E-state index is 6.17. The summed E-state index contributed by atoms with van der Waals surface area (Å²) in [5.41, 5.74) is 6.33. The molecule has 2 N–H and O–H groups in total. The minimum Gasteiger partial charge on any atom is -0.324 e. The normalized spacial score (nSPS) is 19.2. The van der Waals surface area contributed by atoms with Crippen LogP contribution in [0.15, 0.2) is 0 Å². The molecule has 0 spiro atoms. The van der Waals surface area contributed by atoms with Gasteiger partial charge in [-0.25, -0.2) is 0 Å². The Balaban J connectivity index is 2.31. The van der Waals surface area contributed by atoms with Gasteiger partial charge in [-0.05, 0) is 32.9 Å². The number of nitrogens with two attached hydrogens (primary N) is 1. The first-order valence-electron chi connectivity index (χ1n) is 6.07. The van der Waals surface area contributed by atoms with Gasteiger partial charge in [0, 0.05) is 31.7 Å². The Kier molecular flexibility index (Phi) is 4.56. The van der Waals surface area contributed by atoms with E-state index in [-0.39, 0.29) is 5.54 Å². The van der Waals surface area contributed by atoms with Crippen molar-refractivity contribution in [2.45, 2.75) is 32.2 Å². The number of rotatable bonds is 7. The van der Waals surface area contributed by atoms with E-state index in [0.29, 0.717) is 0 Å². The fourth-order valence-electron chi connectivity index (χ4n) is 1.86. The Hall–Kier alpha value is -0.120. The van der Waals surface area contributed by atoms with Crippen molar-refractivity contribution in [2.24, 2.45) is 11.7 Å². The number of nitrogens with zero attached hydrogens (tertiary/aromatic N) is 2. The molecule has 0 aromatic carbocycles. The molecule has 0 radical (unpaired) electrons. The summed E-state index contributed by atoms with van der Waals surface area (Å²) in [6, 6.07) is 0. The van der Waals surface area contributed by atoms with Crippen LogP contribution in [0.2, 0.25) is 0 Å². The van der Waals surface area contributed by atoms with Crippen LogP contribution >= 0.6 is 0 Å². The molecule has 0 saturated heterocycles. The van der Waals surface area contributed by atoms with Crippen molar-refractivity contribution in [3.63, 3.8) is 0 Å². The fourth-order valence-corrected chi connectivity index (χ4v) is 1.86. The van der Waals surface area contributed by atoms with Gasteiger partial charge in [-0.2, -0.15) is 0 Å². The fraction of sp³-hybridized carbons (Fsp3) is 1.00. The first-order valence-corrected chi connectivity index (χ1v) is 6.07. The van der Waals surface area contributed by atoms with Crippen molar-refractivity contribution in [3.8, 4) is 0 Å². The van der Waals surface area contributed by atoms with Crippen molar-refractivity contribution in [1.82, 2.24) is 9.80 Å². The van der Waals surface area contributed by atoms with E-state index < -0.39 is 0 Å². The highest BCUT2D eigenvalue weighted by Gasteiger charge is 2.39. The molecule has 0 atom stereocenters. The lowest BCUT2D eigenvalue weighted by Crippen LogP contribution is -2.43. The summed E-state index contributed by atoms with van der Waals surface area (Å²) in [5.74, 6) is 0.731. The molecule has 1 fully saturated rings. The predicted molar refractivity (Wildman–Crippen MR) is 66.0 cm³/mol. The van der Waals surface area contributed by atoms with Crippen LogP contribution in [0.3, 0.4) is 0 Å². The van der Waals surface area contributed by atoms with E-state index in [1.807, 2.05) is 0 Å². The van der Waals surface area contributed by atoms with Gasteiger partial charge in [-0.15, -0.1) is 0 Å². The minimum absolute atomic E-state index is 0.154. The van der Waals surface area contributed by atoms with Gasteiger partial charge in [0.2, 0.25) is 0 Å². The molecule has 0 aromatic heterocycles.